The molecule has 2 aliphatic rings. The van der Waals surface area contributed by atoms with Crippen molar-refractivity contribution in [2.45, 2.75) is 38.3 Å². The second-order valence-electron chi connectivity index (χ2n) is 7.74. The molecule has 1 aliphatic heterocycles. The first-order valence-electron chi connectivity index (χ1n) is 10.1. The number of carbonyl (C=O) groups is 2. The number of anilines is 2. The highest BCUT2D eigenvalue weighted by Crippen LogP contribution is 2.34. The smallest absolute Gasteiger partial charge is 0.254 e. The third-order valence-corrected chi connectivity index (χ3v) is 5.36. The van der Waals surface area contributed by atoms with Crippen molar-refractivity contribution in [3.8, 4) is 0 Å². The van der Waals surface area contributed by atoms with E-state index in [1.807, 2.05) is 24.3 Å². The first-order valence-corrected chi connectivity index (χ1v) is 10.1. The molecule has 8 nitrogen and oxygen atoms in total. The largest absolute Gasteiger partial charge is 0.367 e. The number of hydrogen-bond donors (Lipinski definition) is 3. The summed E-state index contributed by atoms with van der Waals surface area (Å²) in [6.45, 7) is 2.06. The van der Waals surface area contributed by atoms with Gasteiger partial charge in [-0.3, -0.25) is 14.9 Å². The molecular weight excluding hydrogens is 380 g/mol. The molecule has 3 heterocycles. The Labute approximate surface area is 173 Å². The average molecular weight is 402 g/mol. The van der Waals surface area contributed by atoms with Crippen LogP contribution in [0, 0.1) is 0 Å². The van der Waals surface area contributed by atoms with Crippen LogP contribution in [0.1, 0.15) is 43.4 Å². The fraction of sp³-hybridized carbons (Fsp3) is 0.273. The molecule has 0 bridgehead atoms. The van der Waals surface area contributed by atoms with Gasteiger partial charge in [0.25, 0.3) is 5.91 Å². The van der Waals surface area contributed by atoms with E-state index >= 15 is 0 Å². The van der Waals surface area contributed by atoms with Crippen molar-refractivity contribution in [1.82, 2.24) is 19.9 Å². The van der Waals surface area contributed by atoms with Gasteiger partial charge in [-0.2, -0.15) is 9.61 Å². The standard InChI is InChI=1S/C22H22N6O2/c1-13(14-5-3-2-4-6-14)24-20-17(11-15-12-19(29)27-22(15)30)21(25-16-7-8-16)28-18(26-20)9-10-23-28/h2-6,9-11,13,16,25H,7-8,12H2,1H3,(H,24,26)(H,27,29,30)/t13-/m1/s1. The van der Waals surface area contributed by atoms with E-state index in [0.717, 1.165) is 29.8 Å². The van der Waals surface area contributed by atoms with Gasteiger partial charge in [0.1, 0.15) is 11.6 Å². The van der Waals surface area contributed by atoms with Gasteiger partial charge >= 0.3 is 0 Å². The summed E-state index contributed by atoms with van der Waals surface area (Å²) < 4.78 is 1.75. The topological polar surface area (TPSA) is 100 Å². The molecule has 3 N–H and O–H groups in total. The lowest BCUT2D eigenvalue weighted by Gasteiger charge is -2.20. The number of nitrogens with zero attached hydrogens (tertiary/aromatic N) is 3. The van der Waals surface area contributed by atoms with Crippen LogP contribution in [0.4, 0.5) is 11.6 Å². The van der Waals surface area contributed by atoms with Gasteiger partial charge < -0.3 is 10.6 Å². The maximum absolute atomic E-state index is 12.2. The van der Waals surface area contributed by atoms with E-state index in [1.165, 1.54) is 0 Å². The molecule has 1 saturated heterocycles. The van der Waals surface area contributed by atoms with Crippen LogP contribution >= 0.6 is 0 Å². The second-order valence-corrected chi connectivity index (χ2v) is 7.74. The SMILES string of the molecule is C[C@@H](Nc1nc2ccnn2c(NC2CC2)c1C=C1CC(=O)NC1=O)c1ccccc1. The van der Waals surface area contributed by atoms with E-state index in [-0.39, 0.29) is 24.3 Å². The Morgan fingerprint density at radius 3 is 2.70 bits per heavy atom. The first kappa shape index (κ1) is 18.4. The van der Waals surface area contributed by atoms with Gasteiger partial charge in [0.2, 0.25) is 5.91 Å². The molecule has 2 amide bonds. The van der Waals surface area contributed by atoms with Crippen molar-refractivity contribution in [1.29, 1.82) is 0 Å². The zero-order valence-electron chi connectivity index (χ0n) is 16.6. The van der Waals surface area contributed by atoms with Crippen molar-refractivity contribution in [3.05, 3.63) is 59.3 Å². The van der Waals surface area contributed by atoms with Gasteiger partial charge in [-0.1, -0.05) is 30.3 Å². The van der Waals surface area contributed by atoms with Crippen LogP contribution in [-0.4, -0.2) is 32.5 Å². The van der Waals surface area contributed by atoms with Crippen molar-refractivity contribution in [2.75, 3.05) is 10.6 Å². The van der Waals surface area contributed by atoms with Crippen LogP contribution in [0.2, 0.25) is 0 Å². The molecule has 5 rings (SSSR count). The Morgan fingerprint density at radius 1 is 1.20 bits per heavy atom. The zero-order chi connectivity index (χ0) is 20.7. The lowest BCUT2D eigenvalue weighted by Crippen LogP contribution is -2.19. The number of hydrogen-bond acceptors (Lipinski definition) is 6. The van der Waals surface area contributed by atoms with Crippen LogP contribution in [-0.2, 0) is 9.59 Å². The summed E-state index contributed by atoms with van der Waals surface area (Å²) >= 11 is 0. The molecule has 3 aromatic rings. The normalized spacial score (nSPS) is 18.6. The fourth-order valence-corrected chi connectivity index (χ4v) is 3.59. The third kappa shape index (κ3) is 3.52. The molecule has 1 atom stereocenters. The molecule has 0 radical (unpaired) electrons. The van der Waals surface area contributed by atoms with Gasteiger partial charge in [0.15, 0.2) is 5.65 Å². The lowest BCUT2D eigenvalue weighted by atomic mass is 10.1. The number of fused-ring (bicyclic) bond motifs is 1. The Kier molecular flexibility index (Phi) is 4.46. The highest BCUT2D eigenvalue weighted by molar-refractivity contribution is 6.16. The van der Waals surface area contributed by atoms with Crippen LogP contribution in [0.25, 0.3) is 11.7 Å². The summed E-state index contributed by atoms with van der Waals surface area (Å²) in [6.07, 6.45) is 5.69. The predicted molar refractivity (Wildman–Crippen MR) is 114 cm³/mol. The van der Waals surface area contributed by atoms with E-state index in [2.05, 4.69) is 40.1 Å². The summed E-state index contributed by atoms with van der Waals surface area (Å²) in [5, 5.41) is 13.8. The summed E-state index contributed by atoms with van der Waals surface area (Å²) in [4.78, 5) is 28.7. The summed E-state index contributed by atoms with van der Waals surface area (Å²) in [5.41, 5.74) is 2.97. The minimum Gasteiger partial charge on any atom is -0.367 e. The molecule has 1 aliphatic carbocycles. The molecule has 8 heteroatoms. The summed E-state index contributed by atoms with van der Waals surface area (Å²) in [5.74, 6) is 0.764. The number of benzene rings is 1. The molecule has 2 fully saturated rings. The average Bonchev–Trinajstić information content (AvgIpc) is 3.33. The van der Waals surface area contributed by atoms with Crippen molar-refractivity contribution >= 4 is 35.2 Å². The van der Waals surface area contributed by atoms with Gasteiger partial charge in [-0.15, -0.1) is 0 Å². The van der Waals surface area contributed by atoms with Crippen molar-refractivity contribution < 1.29 is 9.59 Å². The summed E-state index contributed by atoms with van der Waals surface area (Å²) in [6, 6.07) is 12.3. The number of aromatic nitrogens is 3. The minimum atomic E-state index is -0.361. The quantitative estimate of drug-likeness (QED) is 0.433. The Balaban J connectivity index is 1.63. The molecule has 2 aromatic heterocycles. The van der Waals surface area contributed by atoms with Crippen LogP contribution in [0.5, 0.6) is 0 Å². The third-order valence-electron chi connectivity index (χ3n) is 5.36. The van der Waals surface area contributed by atoms with Gasteiger partial charge in [0.05, 0.1) is 18.2 Å². The molecule has 0 spiro atoms. The maximum atomic E-state index is 12.2. The zero-order valence-corrected chi connectivity index (χ0v) is 16.6. The van der Waals surface area contributed by atoms with E-state index in [9.17, 15) is 9.59 Å². The highest BCUT2D eigenvalue weighted by Gasteiger charge is 2.28. The number of carbonyl (C=O) groups excluding carboxylic acids is 2. The molecule has 1 aromatic carbocycles. The second kappa shape index (κ2) is 7.29. The van der Waals surface area contributed by atoms with E-state index < -0.39 is 0 Å². The van der Waals surface area contributed by atoms with E-state index in [0.29, 0.717) is 23.1 Å². The Bertz CT molecular complexity index is 1160. The van der Waals surface area contributed by atoms with Gasteiger partial charge in [-0.05, 0) is 31.4 Å². The fourth-order valence-electron chi connectivity index (χ4n) is 3.59. The van der Waals surface area contributed by atoms with E-state index in [1.54, 1.807) is 16.8 Å². The molecule has 152 valence electrons. The number of nitrogens with one attached hydrogen (secondary N) is 3. The molecular formula is C22H22N6O2. The van der Waals surface area contributed by atoms with Crippen molar-refractivity contribution in [3.63, 3.8) is 0 Å². The lowest BCUT2D eigenvalue weighted by molar-refractivity contribution is -0.124. The number of imide groups is 1. The Morgan fingerprint density at radius 2 is 2.00 bits per heavy atom. The van der Waals surface area contributed by atoms with Gasteiger partial charge in [0, 0.05) is 23.7 Å². The Hall–Kier alpha value is -3.68. The summed E-state index contributed by atoms with van der Waals surface area (Å²) in [7, 11) is 0. The van der Waals surface area contributed by atoms with Crippen LogP contribution < -0.4 is 16.0 Å². The maximum Gasteiger partial charge on any atom is 0.254 e. The number of amides is 2. The van der Waals surface area contributed by atoms with Crippen LogP contribution in [0.15, 0.2) is 48.2 Å². The van der Waals surface area contributed by atoms with E-state index in [4.69, 9.17) is 4.98 Å². The molecule has 1 saturated carbocycles. The first-order chi connectivity index (χ1) is 14.6. The molecule has 0 unspecified atom stereocenters. The van der Waals surface area contributed by atoms with Crippen LogP contribution in [0.3, 0.4) is 0 Å². The molecule has 30 heavy (non-hydrogen) atoms. The van der Waals surface area contributed by atoms with Gasteiger partial charge in [-0.25, -0.2) is 4.98 Å². The van der Waals surface area contributed by atoms with Crippen molar-refractivity contribution in [2.24, 2.45) is 0 Å². The predicted octanol–water partition coefficient (Wildman–Crippen LogP) is 2.91. The highest BCUT2D eigenvalue weighted by atomic mass is 16.2. The minimum absolute atomic E-state index is 0.00553. The number of rotatable bonds is 6. The monoisotopic (exact) mass is 402 g/mol.